The van der Waals surface area contributed by atoms with Crippen LogP contribution in [0.25, 0.3) is 0 Å². The van der Waals surface area contributed by atoms with E-state index < -0.39 is 12.0 Å². The van der Waals surface area contributed by atoms with E-state index in [9.17, 15) is 9.90 Å². The number of carbonyl (C=O) groups excluding carboxylic acids is 1. The fourth-order valence-corrected chi connectivity index (χ4v) is 2.23. The van der Waals surface area contributed by atoms with Gasteiger partial charge in [-0.05, 0) is 19.3 Å². The number of aliphatic hydroxyl groups excluding tert-OH is 1. The number of aliphatic hydroxyl groups is 1. The van der Waals surface area contributed by atoms with Gasteiger partial charge in [-0.1, -0.05) is 0 Å². The number of hydrogen-bond acceptors (Lipinski definition) is 4. The van der Waals surface area contributed by atoms with Gasteiger partial charge in [0, 0.05) is 6.20 Å². The fraction of sp³-hybridized carbons (Fsp3) is 0.545. The zero-order chi connectivity index (χ0) is 12.4. The summed E-state index contributed by atoms with van der Waals surface area (Å²) in [5.74, 6) is -0.806. The van der Waals surface area contributed by atoms with Crippen LogP contribution in [0.2, 0.25) is 0 Å². The molecule has 3 N–H and O–H groups in total. The van der Waals surface area contributed by atoms with E-state index in [2.05, 4.69) is 11.2 Å². The predicted molar refractivity (Wildman–Crippen MR) is 58.7 cm³/mol. The Labute approximate surface area is 98.6 Å². The predicted octanol–water partition coefficient (Wildman–Crippen LogP) is 0.208. The SMILES string of the molecule is N#CC1CC(O)CCC1n1cc(C(N)=O)cn1. The zero-order valence-electron chi connectivity index (χ0n) is 9.28. The van der Waals surface area contributed by atoms with Crippen molar-refractivity contribution in [1.82, 2.24) is 9.78 Å². The topological polar surface area (TPSA) is 105 Å². The van der Waals surface area contributed by atoms with Crippen LogP contribution in [0.4, 0.5) is 0 Å². The van der Waals surface area contributed by atoms with Crippen LogP contribution in [-0.2, 0) is 0 Å². The van der Waals surface area contributed by atoms with E-state index in [1.807, 2.05) is 0 Å². The molecule has 6 heteroatoms. The minimum absolute atomic E-state index is 0.0866. The molecule has 0 spiro atoms. The van der Waals surface area contributed by atoms with Crippen LogP contribution in [0.3, 0.4) is 0 Å². The molecule has 0 radical (unpaired) electrons. The van der Waals surface area contributed by atoms with Crippen molar-refractivity contribution in [3.63, 3.8) is 0 Å². The first-order chi connectivity index (χ1) is 8.11. The quantitative estimate of drug-likeness (QED) is 0.762. The van der Waals surface area contributed by atoms with Gasteiger partial charge in [0.15, 0.2) is 0 Å². The lowest BCUT2D eigenvalue weighted by molar-refractivity contribution is 0.0860. The van der Waals surface area contributed by atoms with E-state index in [1.165, 1.54) is 6.20 Å². The van der Waals surface area contributed by atoms with Crippen molar-refractivity contribution in [1.29, 1.82) is 5.26 Å². The van der Waals surface area contributed by atoms with Gasteiger partial charge < -0.3 is 10.8 Å². The summed E-state index contributed by atoms with van der Waals surface area (Å²) in [5.41, 5.74) is 5.49. The minimum Gasteiger partial charge on any atom is -0.393 e. The Balaban J connectivity index is 2.20. The molecule has 3 atom stereocenters. The molecule has 1 fully saturated rings. The summed E-state index contributed by atoms with van der Waals surface area (Å²) in [7, 11) is 0. The van der Waals surface area contributed by atoms with Gasteiger partial charge in [-0.3, -0.25) is 9.48 Å². The van der Waals surface area contributed by atoms with E-state index in [1.54, 1.807) is 10.9 Å². The smallest absolute Gasteiger partial charge is 0.251 e. The van der Waals surface area contributed by atoms with Crippen LogP contribution >= 0.6 is 0 Å². The Morgan fingerprint density at radius 1 is 1.65 bits per heavy atom. The summed E-state index contributed by atoms with van der Waals surface area (Å²) in [6.07, 6.45) is 4.33. The Bertz CT molecular complexity index is 462. The lowest BCUT2D eigenvalue weighted by atomic mass is 9.84. The van der Waals surface area contributed by atoms with E-state index >= 15 is 0 Å². The number of primary amides is 1. The second kappa shape index (κ2) is 4.55. The Morgan fingerprint density at radius 3 is 3.00 bits per heavy atom. The highest BCUT2D eigenvalue weighted by molar-refractivity contribution is 5.92. The third-order valence-corrected chi connectivity index (χ3v) is 3.18. The maximum atomic E-state index is 11.0. The molecule has 1 heterocycles. The average Bonchev–Trinajstić information content (AvgIpc) is 2.78. The van der Waals surface area contributed by atoms with E-state index in [4.69, 9.17) is 11.0 Å². The van der Waals surface area contributed by atoms with Crippen LogP contribution < -0.4 is 5.73 Å². The van der Waals surface area contributed by atoms with E-state index in [0.29, 0.717) is 24.8 Å². The highest BCUT2D eigenvalue weighted by atomic mass is 16.3. The number of nitrogens with two attached hydrogens (primary N) is 1. The molecule has 3 unspecified atom stereocenters. The zero-order valence-corrected chi connectivity index (χ0v) is 9.28. The minimum atomic E-state index is -0.527. The molecule has 1 aromatic heterocycles. The monoisotopic (exact) mass is 234 g/mol. The first-order valence-corrected chi connectivity index (χ1v) is 5.53. The normalized spacial score (nSPS) is 28.6. The highest BCUT2D eigenvalue weighted by Crippen LogP contribution is 2.33. The van der Waals surface area contributed by atoms with Crippen molar-refractivity contribution in [2.45, 2.75) is 31.4 Å². The van der Waals surface area contributed by atoms with Crippen LogP contribution in [-0.4, -0.2) is 26.9 Å². The molecule has 0 bridgehead atoms. The first kappa shape index (κ1) is 11.6. The lowest BCUT2D eigenvalue weighted by Crippen LogP contribution is -2.29. The van der Waals surface area contributed by atoms with Gasteiger partial charge in [0.1, 0.15) is 0 Å². The Kier molecular flexibility index (Phi) is 3.11. The first-order valence-electron chi connectivity index (χ1n) is 5.53. The molecule has 90 valence electrons. The number of carbonyl (C=O) groups is 1. The van der Waals surface area contributed by atoms with E-state index in [0.717, 1.165) is 0 Å². The molecule has 1 aromatic rings. The molecule has 0 saturated heterocycles. The third kappa shape index (κ3) is 2.29. The molecular formula is C11H14N4O2. The van der Waals surface area contributed by atoms with Crippen molar-refractivity contribution in [2.75, 3.05) is 0 Å². The van der Waals surface area contributed by atoms with Crippen molar-refractivity contribution in [3.8, 4) is 6.07 Å². The standard InChI is InChI=1S/C11H14N4O2/c12-4-7-3-9(16)1-2-10(7)15-6-8(5-14-15)11(13)17/h5-7,9-10,16H,1-3H2,(H2,13,17). The molecular weight excluding hydrogens is 220 g/mol. The largest absolute Gasteiger partial charge is 0.393 e. The summed E-state index contributed by atoms with van der Waals surface area (Å²) in [6.45, 7) is 0. The van der Waals surface area contributed by atoms with Crippen molar-refractivity contribution in [3.05, 3.63) is 18.0 Å². The summed E-state index contributed by atoms with van der Waals surface area (Å²) in [5, 5.41) is 22.6. The molecule has 0 aliphatic heterocycles. The van der Waals surface area contributed by atoms with Gasteiger partial charge in [0.25, 0.3) is 5.91 Å². The number of rotatable bonds is 2. The second-order valence-electron chi connectivity index (χ2n) is 4.34. The number of nitriles is 1. The van der Waals surface area contributed by atoms with Gasteiger partial charge in [-0.2, -0.15) is 10.4 Å². The highest BCUT2D eigenvalue weighted by Gasteiger charge is 2.31. The van der Waals surface area contributed by atoms with Crippen molar-refractivity contribution < 1.29 is 9.90 Å². The van der Waals surface area contributed by atoms with Crippen molar-refractivity contribution >= 4 is 5.91 Å². The van der Waals surface area contributed by atoms with Crippen LogP contribution in [0.15, 0.2) is 12.4 Å². The molecule has 1 aliphatic carbocycles. The summed E-state index contributed by atoms with van der Waals surface area (Å²) < 4.78 is 1.61. The molecule has 1 amide bonds. The number of aromatic nitrogens is 2. The number of nitrogens with zero attached hydrogens (tertiary/aromatic N) is 3. The summed E-state index contributed by atoms with van der Waals surface area (Å²) >= 11 is 0. The molecule has 1 saturated carbocycles. The van der Waals surface area contributed by atoms with E-state index in [-0.39, 0.29) is 12.0 Å². The molecule has 17 heavy (non-hydrogen) atoms. The average molecular weight is 234 g/mol. The molecule has 1 aliphatic rings. The number of hydrogen-bond donors (Lipinski definition) is 2. The molecule has 2 rings (SSSR count). The molecule has 0 aromatic carbocycles. The Hall–Kier alpha value is -1.87. The Morgan fingerprint density at radius 2 is 2.41 bits per heavy atom. The third-order valence-electron chi connectivity index (χ3n) is 3.18. The van der Waals surface area contributed by atoms with Gasteiger partial charge >= 0.3 is 0 Å². The second-order valence-corrected chi connectivity index (χ2v) is 4.34. The maximum absolute atomic E-state index is 11.0. The van der Waals surface area contributed by atoms with Crippen molar-refractivity contribution in [2.24, 2.45) is 11.7 Å². The van der Waals surface area contributed by atoms with Crippen LogP contribution in [0, 0.1) is 17.2 Å². The fourth-order valence-electron chi connectivity index (χ4n) is 2.23. The summed E-state index contributed by atoms with van der Waals surface area (Å²) in [4.78, 5) is 11.0. The lowest BCUT2D eigenvalue weighted by Gasteiger charge is -2.29. The van der Waals surface area contributed by atoms with Gasteiger partial charge in [0.05, 0.1) is 35.9 Å². The van der Waals surface area contributed by atoms with Crippen LogP contribution in [0.5, 0.6) is 0 Å². The van der Waals surface area contributed by atoms with Gasteiger partial charge in [0.2, 0.25) is 0 Å². The van der Waals surface area contributed by atoms with Gasteiger partial charge in [-0.25, -0.2) is 0 Å². The van der Waals surface area contributed by atoms with Gasteiger partial charge in [-0.15, -0.1) is 0 Å². The number of amides is 1. The molecule has 6 nitrogen and oxygen atoms in total. The van der Waals surface area contributed by atoms with Crippen LogP contribution in [0.1, 0.15) is 35.7 Å². The maximum Gasteiger partial charge on any atom is 0.251 e. The summed E-state index contributed by atoms with van der Waals surface area (Å²) in [6, 6.07) is 2.10.